The minimum absolute atomic E-state index is 1.10. The van der Waals surface area contributed by atoms with Crippen LogP contribution in [-0.4, -0.2) is 15.5 Å². The number of benzene rings is 1. The number of aryl methyl sites for hydroxylation is 1. The minimum Gasteiger partial charge on any atom is -0.272 e. The molecular formula is C13H14N2S. The van der Waals surface area contributed by atoms with E-state index in [1.54, 1.807) is 0 Å². The van der Waals surface area contributed by atoms with Crippen molar-refractivity contribution in [2.75, 3.05) is 5.75 Å². The van der Waals surface area contributed by atoms with Gasteiger partial charge < -0.3 is 0 Å². The largest absolute Gasteiger partial charge is 0.272 e. The molecule has 0 atom stereocenters. The monoisotopic (exact) mass is 230 g/mol. The third kappa shape index (κ3) is 1.55. The molecule has 0 unspecified atom stereocenters. The van der Waals surface area contributed by atoms with Crippen molar-refractivity contribution in [2.24, 2.45) is 7.05 Å². The van der Waals surface area contributed by atoms with E-state index in [1.165, 1.54) is 28.3 Å². The van der Waals surface area contributed by atoms with Crippen molar-refractivity contribution < 1.29 is 0 Å². The van der Waals surface area contributed by atoms with Gasteiger partial charge in [-0.2, -0.15) is 16.9 Å². The summed E-state index contributed by atoms with van der Waals surface area (Å²) in [6.07, 6.45) is 1.15. The summed E-state index contributed by atoms with van der Waals surface area (Å²) >= 11 is 2.01. The number of hydrogen-bond donors (Lipinski definition) is 0. The van der Waals surface area contributed by atoms with Crippen molar-refractivity contribution >= 4 is 11.8 Å². The van der Waals surface area contributed by atoms with E-state index in [2.05, 4.69) is 41.1 Å². The van der Waals surface area contributed by atoms with Gasteiger partial charge in [0.25, 0.3) is 0 Å². The van der Waals surface area contributed by atoms with Gasteiger partial charge in [-0.15, -0.1) is 0 Å². The molecule has 1 aliphatic heterocycles. The molecule has 1 aromatic heterocycles. The maximum Gasteiger partial charge on any atom is 0.0966 e. The van der Waals surface area contributed by atoms with E-state index in [1.807, 2.05) is 17.8 Å². The molecule has 2 nitrogen and oxygen atoms in total. The van der Waals surface area contributed by atoms with Gasteiger partial charge in [0.05, 0.1) is 5.69 Å². The Kier molecular flexibility index (Phi) is 2.48. The third-order valence-electron chi connectivity index (χ3n) is 3.05. The first-order valence-electron chi connectivity index (χ1n) is 5.54. The fourth-order valence-corrected chi connectivity index (χ4v) is 3.23. The highest BCUT2D eigenvalue weighted by molar-refractivity contribution is 7.98. The van der Waals surface area contributed by atoms with Gasteiger partial charge in [0, 0.05) is 29.6 Å². The number of rotatable bonds is 1. The number of hydrogen-bond acceptors (Lipinski definition) is 2. The lowest BCUT2D eigenvalue weighted by molar-refractivity contribution is 0.718. The van der Waals surface area contributed by atoms with Gasteiger partial charge in [0.15, 0.2) is 0 Å². The quantitative estimate of drug-likeness (QED) is 0.749. The average molecular weight is 230 g/mol. The van der Waals surface area contributed by atoms with Crippen LogP contribution in [-0.2, 0) is 19.2 Å². The van der Waals surface area contributed by atoms with Crippen molar-refractivity contribution in [2.45, 2.75) is 12.2 Å². The molecule has 1 aromatic carbocycles. The normalized spacial score (nSPS) is 14.8. The van der Waals surface area contributed by atoms with Crippen LogP contribution in [0.15, 0.2) is 30.3 Å². The molecule has 0 aliphatic carbocycles. The van der Waals surface area contributed by atoms with E-state index >= 15 is 0 Å². The Hall–Kier alpha value is -1.22. The molecule has 0 spiro atoms. The highest BCUT2D eigenvalue weighted by Gasteiger charge is 2.20. The lowest BCUT2D eigenvalue weighted by Gasteiger charge is -2.12. The second kappa shape index (κ2) is 3.98. The van der Waals surface area contributed by atoms with Crippen LogP contribution in [0.1, 0.15) is 11.3 Å². The second-order valence-corrected chi connectivity index (χ2v) is 5.17. The van der Waals surface area contributed by atoms with Gasteiger partial charge in [-0.1, -0.05) is 30.3 Å². The zero-order chi connectivity index (χ0) is 11.0. The lowest BCUT2D eigenvalue weighted by Crippen LogP contribution is -2.05. The Morgan fingerprint density at radius 1 is 1.25 bits per heavy atom. The summed E-state index contributed by atoms with van der Waals surface area (Å²) in [6.45, 7) is 0. The summed E-state index contributed by atoms with van der Waals surface area (Å²) in [5, 5.41) is 4.67. The number of nitrogens with zero attached hydrogens (tertiary/aromatic N) is 2. The molecule has 0 saturated carbocycles. The topological polar surface area (TPSA) is 17.8 Å². The fourth-order valence-electron chi connectivity index (χ4n) is 2.24. The van der Waals surface area contributed by atoms with Crippen LogP contribution >= 0.6 is 11.8 Å². The number of thioether (sulfide) groups is 1. The maximum absolute atomic E-state index is 4.67. The second-order valence-electron chi connectivity index (χ2n) is 4.07. The fraction of sp³-hybridized carbons (Fsp3) is 0.308. The smallest absolute Gasteiger partial charge is 0.0966 e. The highest BCUT2D eigenvalue weighted by atomic mass is 32.2. The van der Waals surface area contributed by atoms with E-state index in [4.69, 9.17) is 0 Å². The van der Waals surface area contributed by atoms with E-state index in [0.29, 0.717) is 0 Å². The van der Waals surface area contributed by atoms with E-state index in [9.17, 15) is 0 Å². The summed E-state index contributed by atoms with van der Waals surface area (Å²) in [6, 6.07) is 10.5. The molecule has 2 aromatic rings. The average Bonchev–Trinajstić information content (AvgIpc) is 2.69. The molecule has 2 heterocycles. The van der Waals surface area contributed by atoms with Crippen molar-refractivity contribution in [3.05, 3.63) is 41.6 Å². The SMILES string of the molecule is Cn1nc(-c2ccccc2)c2c1CCSC2. The molecule has 16 heavy (non-hydrogen) atoms. The zero-order valence-electron chi connectivity index (χ0n) is 9.31. The van der Waals surface area contributed by atoms with E-state index in [0.717, 1.165) is 12.2 Å². The summed E-state index contributed by atoms with van der Waals surface area (Å²) in [7, 11) is 2.06. The predicted molar refractivity (Wildman–Crippen MR) is 68.5 cm³/mol. The minimum atomic E-state index is 1.10. The van der Waals surface area contributed by atoms with Gasteiger partial charge in [0.1, 0.15) is 0 Å². The van der Waals surface area contributed by atoms with Crippen LogP contribution in [0.4, 0.5) is 0 Å². The van der Waals surface area contributed by atoms with Crippen LogP contribution in [0.3, 0.4) is 0 Å². The standard InChI is InChI=1S/C13H14N2S/c1-15-12-7-8-16-9-11(12)13(14-15)10-5-3-2-4-6-10/h2-6H,7-9H2,1H3. The Labute approximate surface area is 99.7 Å². The molecule has 3 heteroatoms. The predicted octanol–water partition coefficient (Wildman–Crippen LogP) is 2.88. The van der Waals surface area contributed by atoms with Crippen LogP contribution in [0, 0.1) is 0 Å². The lowest BCUT2D eigenvalue weighted by atomic mass is 10.1. The summed E-state index contributed by atoms with van der Waals surface area (Å²) in [5.41, 5.74) is 5.26. The Balaban J connectivity index is 2.15. The molecule has 1 aliphatic rings. The van der Waals surface area contributed by atoms with Crippen LogP contribution in [0.2, 0.25) is 0 Å². The number of aromatic nitrogens is 2. The van der Waals surface area contributed by atoms with Crippen molar-refractivity contribution in [3.63, 3.8) is 0 Å². The molecule has 0 radical (unpaired) electrons. The van der Waals surface area contributed by atoms with Crippen LogP contribution < -0.4 is 0 Å². The molecule has 0 fully saturated rings. The Morgan fingerprint density at radius 3 is 2.88 bits per heavy atom. The van der Waals surface area contributed by atoms with Gasteiger partial charge in [-0.3, -0.25) is 4.68 Å². The first-order valence-corrected chi connectivity index (χ1v) is 6.69. The van der Waals surface area contributed by atoms with Crippen molar-refractivity contribution in [1.82, 2.24) is 9.78 Å². The van der Waals surface area contributed by atoms with E-state index < -0.39 is 0 Å². The summed E-state index contributed by atoms with van der Waals surface area (Å²) in [5.74, 6) is 2.33. The Morgan fingerprint density at radius 2 is 2.06 bits per heavy atom. The third-order valence-corrected chi connectivity index (χ3v) is 4.04. The summed E-state index contributed by atoms with van der Waals surface area (Å²) < 4.78 is 2.05. The van der Waals surface area contributed by atoms with E-state index in [-0.39, 0.29) is 0 Å². The molecule has 0 saturated heterocycles. The van der Waals surface area contributed by atoms with Crippen LogP contribution in [0.25, 0.3) is 11.3 Å². The first kappa shape index (κ1) is 9.97. The highest BCUT2D eigenvalue weighted by Crippen LogP contribution is 2.32. The zero-order valence-corrected chi connectivity index (χ0v) is 10.1. The summed E-state index contributed by atoms with van der Waals surface area (Å²) in [4.78, 5) is 0. The molecule has 0 N–H and O–H groups in total. The molecule has 82 valence electrons. The molecule has 0 bridgehead atoms. The molecule has 3 rings (SSSR count). The molecule has 0 amide bonds. The Bertz CT molecular complexity index is 502. The molecular weight excluding hydrogens is 216 g/mol. The van der Waals surface area contributed by atoms with Gasteiger partial charge >= 0.3 is 0 Å². The van der Waals surface area contributed by atoms with Crippen LogP contribution in [0.5, 0.6) is 0 Å². The van der Waals surface area contributed by atoms with Crippen molar-refractivity contribution in [1.29, 1.82) is 0 Å². The van der Waals surface area contributed by atoms with Gasteiger partial charge in [0.2, 0.25) is 0 Å². The number of fused-ring (bicyclic) bond motifs is 1. The van der Waals surface area contributed by atoms with Gasteiger partial charge in [-0.05, 0) is 12.2 Å². The van der Waals surface area contributed by atoms with Gasteiger partial charge in [-0.25, -0.2) is 0 Å². The van der Waals surface area contributed by atoms with Crippen molar-refractivity contribution in [3.8, 4) is 11.3 Å². The maximum atomic E-state index is 4.67. The first-order chi connectivity index (χ1) is 7.86.